The Balaban J connectivity index is 2.01. The second kappa shape index (κ2) is 6.33. The van der Waals surface area contributed by atoms with Crippen LogP contribution in [-0.4, -0.2) is 5.84 Å². The third-order valence-corrected chi connectivity index (χ3v) is 4.37. The van der Waals surface area contributed by atoms with Gasteiger partial charge in [-0.05, 0) is 23.8 Å². The number of hydrogen-bond donors (Lipinski definition) is 2. The minimum atomic E-state index is 0.0867. The van der Waals surface area contributed by atoms with Gasteiger partial charge in [-0.25, -0.2) is 0 Å². The zero-order valence-corrected chi connectivity index (χ0v) is 12.3. The highest BCUT2D eigenvalue weighted by Crippen LogP contribution is 2.29. The summed E-state index contributed by atoms with van der Waals surface area (Å²) in [4.78, 5) is 1.07. The minimum absolute atomic E-state index is 0.0867. The third-order valence-electron chi connectivity index (χ3n) is 2.56. The molecule has 2 aromatic rings. The van der Waals surface area contributed by atoms with Gasteiger partial charge >= 0.3 is 0 Å². The predicted molar refractivity (Wildman–Crippen MR) is 83.5 cm³/mol. The molecule has 0 radical (unpaired) electrons. The van der Waals surface area contributed by atoms with Crippen LogP contribution >= 0.6 is 35.0 Å². The van der Waals surface area contributed by atoms with Crippen LogP contribution in [0.2, 0.25) is 10.0 Å². The Hall–Kier alpha value is -1.16. The largest absolute Gasteiger partial charge is 0.384 e. The molecule has 0 saturated heterocycles. The van der Waals surface area contributed by atoms with Crippen LogP contribution in [0, 0.1) is 5.41 Å². The molecule has 0 fully saturated rings. The van der Waals surface area contributed by atoms with Crippen LogP contribution in [0.1, 0.15) is 11.1 Å². The van der Waals surface area contributed by atoms with Crippen LogP contribution in [0.4, 0.5) is 0 Å². The number of nitrogen functional groups attached to an aromatic ring is 1. The van der Waals surface area contributed by atoms with Crippen molar-refractivity contribution in [1.29, 1.82) is 5.41 Å². The minimum Gasteiger partial charge on any atom is -0.384 e. The molecule has 5 heteroatoms. The first-order chi connectivity index (χ1) is 9.06. The Morgan fingerprint density at radius 2 is 1.74 bits per heavy atom. The van der Waals surface area contributed by atoms with Crippen LogP contribution in [0.3, 0.4) is 0 Å². The lowest BCUT2D eigenvalue weighted by atomic mass is 10.1. The molecule has 2 aromatic carbocycles. The number of halogens is 2. The SMILES string of the molecule is N=C(N)c1ccc(CSc2ccc(Cl)c(Cl)c2)cc1. The fraction of sp³-hybridized carbons (Fsp3) is 0.0714. The first-order valence-corrected chi connectivity index (χ1v) is 7.31. The first kappa shape index (κ1) is 14.3. The summed E-state index contributed by atoms with van der Waals surface area (Å²) >= 11 is 13.5. The molecule has 0 bridgehead atoms. The highest BCUT2D eigenvalue weighted by molar-refractivity contribution is 7.98. The van der Waals surface area contributed by atoms with E-state index in [4.69, 9.17) is 34.3 Å². The summed E-state index contributed by atoms with van der Waals surface area (Å²) in [5.41, 5.74) is 7.32. The Labute approximate surface area is 126 Å². The van der Waals surface area contributed by atoms with Gasteiger partial charge in [-0.15, -0.1) is 11.8 Å². The predicted octanol–water partition coefficient (Wildman–Crippen LogP) is 4.57. The molecule has 0 heterocycles. The van der Waals surface area contributed by atoms with Gasteiger partial charge in [-0.2, -0.15) is 0 Å². The van der Waals surface area contributed by atoms with Gasteiger partial charge in [0.25, 0.3) is 0 Å². The average Bonchev–Trinajstić information content (AvgIpc) is 2.40. The molecule has 0 aliphatic rings. The number of thioether (sulfide) groups is 1. The standard InChI is InChI=1S/C14H12Cl2N2S/c15-12-6-5-11(7-13(12)16)19-8-9-1-3-10(4-2-9)14(17)18/h1-7H,8H2,(H3,17,18). The van der Waals surface area contributed by atoms with Crippen LogP contribution in [0.15, 0.2) is 47.4 Å². The summed E-state index contributed by atoms with van der Waals surface area (Å²) < 4.78 is 0. The van der Waals surface area contributed by atoms with Crippen molar-refractivity contribution in [3.05, 3.63) is 63.6 Å². The molecule has 0 atom stereocenters. The average molecular weight is 311 g/mol. The van der Waals surface area contributed by atoms with Gasteiger partial charge in [0.2, 0.25) is 0 Å². The number of nitrogens with one attached hydrogen (secondary N) is 1. The fourth-order valence-corrected chi connectivity index (χ4v) is 2.77. The maximum absolute atomic E-state index is 7.33. The lowest BCUT2D eigenvalue weighted by molar-refractivity contribution is 1.36. The Morgan fingerprint density at radius 1 is 1.05 bits per heavy atom. The summed E-state index contributed by atoms with van der Waals surface area (Å²) in [5, 5.41) is 8.47. The molecule has 0 aliphatic heterocycles. The number of nitrogens with two attached hydrogens (primary N) is 1. The molecular weight excluding hydrogens is 299 g/mol. The van der Waals surface area contributed by atoms with Gasteiger partial charge in [0.1, 0.15) is 5.84 Å². The highest BCUT2D eigenvalue weighted by Gasteiger charge is 2.02. The number of hydrogen-bond acceptors (Lipinski definition) is 2. The summed E-state index contributed by atoms with van der Waals surface area (Å²) in [6.45, 7) is 0. The van der Waals surface area contributed by atoms with Crippen LogP contribution < -0.4 is 5.73 Å². The quantitative estimate of drug-likeness (QED) is 0.494. The Kier molecular flexibility index (Phi) is 4.75. The van der Waals surface area contributed by atoms with Crippen LogP contribution in [0.25, 0.3) is 0 Å². The monoisotopic (exact) mass is 310 g/mol. The topological polar surface area (TPSA) is 49.9 Å². The number of rotatable bonds is 4. The van der Waals surface area contributed by atoms with Gasteiger partial charge in [0.05, 0.1) is 10.0 Å². The maximum atomic E-state index is 7.33. The van der Waals surface area contributed by atoms with Crippen molar-refractivity contribution in [3.63, 3.8) is 0 Å². The maximum Gasteiger partial charge on any atom is 0.122 e. The molecule has 2 nitrogen and oxygen atoms in total. The summed E-state index contributed by atoms with van der Waals surface area (Å²) in [6, 6.07) is 13.3. The van der Waals surface area contributed by atoms with E-state index in [0.717, 1.165) is 16.2 Å². The molecule has 2 rings (SSSR count). The van der Waals surface area contributed by atoms with E-state index in [1.165, 1.54) is 5.56 Å². The van der Waals surface area contributed by atoms with E-state index in [0.29, 0.717) is 10.0 Å². The number of amidine groups is 1. The van der Waals surface area contributed by atoms with E-state index in [1.54, 1.807) is 17.8 Å². The first-order valence-electron chi connectivity index (χ1n) is 5.57. The van der Waals surface area contributed by atoms with E-state index in [1.807, 2.05) is 36.4 Å². The molecular formula is C14H12Cl2N2S. The normalized spacial score (nSPS) is 10.4. The zero-order valence-electron chi connectivity index (χ0n) is 9.99. The summed E-state index contributed by atoms with van der Waals surface area (Å²) in [7, 11) is 0. The van der Waals surface area contributed by atoms with Crippen molar-refractivity contribution in [2.75, 3.05) is 0 Å². The molecule has 0 unspecified atom stereocenters. The highest BCUT2D eigenvalue weighted by atomic mass is 35.5. The molecule has 3 N–H and O–H groups in total. The molecule has 0 spiro atoms. The van der Waals surface area contributed by atoms with E-state index in [-0.39, 0.29) is 5.84 Å². The van der Waals surface area contributed by atoms with Gasteiger partial charge in [-0.3, -0.25) is 5.41 Å². The lowest BCUT2D eigenvalue weighted by Gasteiger charge is -2.05. The summed E-state index contributed by atoms with van der Waals surface area (Å²) in [5.74, 6) is 0.916. The van der Waals surface area contributed by atoms with Crippen molar-refractivity contribution in [2.24, 2.45) is 5.73 Å². The van der Waals surface area contributed by atoms with E-state index < -0.39 is 0 Å². The van der Waals surface area contributed by atoms with Gasteiger partial charge in [0.15, 0.2) is 0 Å². The third kappa shape index (κ3) is 3.90. The molecule has 0 aromatic heterocycles. The molecule has 0 amide bonds. The molecule has 0 aliphatic carbocycles. The van der Waals surface area contributed by atoms with Crippen LogP contribution in [0.5, 0.6) is 0 Å². The Bertz CT molecular complexity index is 597. The van der Waals surface area contributed by atoms with Crippen molar-refractivity contribution in [1.82, 2.24) is 0 Å². The zero-order chi connectivity index (χ0) is 13.8. The second-order valence-electron chi connectivity index (χ2n) is 3.98. The van der Waals surface area contributed by atoms with Crippen molar-refractivity contribution in [2.45, 2.75) is 10.6 Å². The fourth-order valence-electron chi connectivity index (χ4n) is 1.51. The van der Waals surface area contributed by atoms with E-state index >= 15 is 0 Å². The second-order valence-corrected chi connectivity index (χ2v) is 5.84. The van der Waals surface area contributed by atoms with Gasteiger partial charge in [-0.1, -0.05) is 47.5 Å². The summed E-state index contributed by atoms with van der Waals surface area (Å²) in [6.07, 6.45) is 0. The van der Waals surface area contributed by atoms with Gasteiger partial charge in [0, 0.05) is 16.2 Å². The lowest BCUT2D eigenvalue weighted by Crippen LogP contribution is -2.10. The van der Waals surface area contributed by atoms with Crippen molar-refractivity contribution < 1.29 is 0 Å². The van der Waals surface area contributed by atoms with E-state index in [2.05, 4.69) is 0 Å². The van der Waals surface area contributed by atoms with E-state index in [9.17, 15) is 0 Å². The Morgan fingerprint density at radius 3 is 2.32 bits per heavy atom. The van der Waals surface area contributed by atoms with Crippen molar-refractivity contribution >= 4 is 40.8 Å². The molecule has 19 heavy (non-hydrogen) atoms. The smallest absolute Gasteiger partial charge is 0.122 e. The van der Waals surface area contributed by atoms with Gasteiger partial charge < -0.3 is 5.73 Å². The van der Waals surface area contributed by atoms with Crippen molar-refractivity contribution in [3.8, 4) is 0 Å². The molecule has 98 valence electrons. The van der Waals surface area contributed by atoms with Crippen LogP contribution in [-0.2, 0) is 5.75 Å². The number of benzene rings is 2. The molecule has 0 saturated carbocycles.